The summed E-state index contributed by atoms with van der Waals surface area (Å²) in [5.41, 5.74) is 0.951. The summed E-state index contributed by atoms with van der Waals surface area (Å²) in [6, 6.07) is 6.50. The predicted molar refractivity (Wildman–Crippen MR) is 91.9 cm³/mol. The van der Waals surface area contributed by atoms with Gasteiger partial charge in [0.2, 0.25) is 0 Å². The van der Waals surface area contributed by atoms with Crippen LogP contribution < -0.4 is 0 Å². The molecular formula is C18H21ClN2O3. The average molecular weight is 349 g/mol. The number of nitrogens with zero attached hydrogens (tertiary/aromatic N) is 2. The van der Waals surface area contributed by atoms with Crippen LogP contribution in [0.25, 0.3) is 0 Å². The summed E-state index contributed by atoms with van der Waals surface area (Å²) in [5.74, 6) is -1.19. The topological polar surface area (TPSA) is 60.9 Å². The lowest BCUT2D eigenvalue weighted by Gasteiger charge is -2.28. The van der Waals surface area contributed by atoms with Crippen LogP contribution in [0, 0.1) is 0 Å². The van der Waals surface area contributed by atoms with E-state index in [1.807, 2.05) is 0 Å². The highest BCUT2D eigenvalue weighted by Crippen LogP contribution is 2.37. The number of benzene rings is 1. The number of amides is 1. The molecule has 1 unspecified atom stereocenters. The summed E-state index contributed by atoms with van der Waals surface area (Å²) in [6.07, 6.45) is 2.35. The molecule has 1 fully saturated rings. The Balaban J connectivity index is 1.89. The molecular weight excluding hydrogens is 328 g/mol. The van der Waals surface area contributed by atoms with Crippen molar-refractivity contribution in [1.29, 1.82) is 0 Å². The zero-order valence-corrected chi connectivity index (χ0v) is 14.4. The maximum Gasteiger partial charge on any atom is 0.290 e. The van der Waals surface area contributed by atoms with E-state index in [2.05, 4.69) is 4.90 Å². The fourth-order valence-corrected chi connectivity index (χ4v) is 3.62. The SMILES string of the molecule is CC(=O)C1=C(O)C(=O)N(CCN2CCCC2)C1c1ccc(Cl)cc1. The molecule has 2 aliphatic rings. The van der Waals surface area contributed by atoms with Crippen molar-refractivity contribution < 1.29 is 14.7 Å². The zero-order chi connectivity index (χ0) is 17.3. The van der Waals surface area contributed by atoms with E-state index in [-0.39, 0.29) is 11.4 Å². The van der Waals surface area contributed by atoms with Gasteiger partial charge in [0, 0.05) is 18.1 Å². The standard InChI is InChI=1S/C18H21ClN2O3/c1-12(22)15-16(13-4-6-14(19)7-5-13)21(18(24)17(15)23)11-10-20-8-2-3-9-20/h4-7,16,23H,2-3,8-11H2,1H3. The van der Waals surface area contributed by atoms with E-state index in [9.17, 15) is 14.7 Å². The van der Waals surface area contributed by atoms with E-state index in [0.717, 1.165) is 25.2 Å². The number of aliphatic hydroxyl groups excluding tert-OH is 1. The third-order valence-corrected chi connectivity index (χ3v) is 4.98. The summed E-state index contributed by atoms with van der Waals surface area (Å²) < 4.78 is 0. The third-order valence-electron chi connectivity index (χ3n) is 4.72. The molecule has 0 spiro atoms. The molecule has 5 nitrogen and oxygen atoms in total. The number of halogens is 1. The van der Waals surface area contributed by atoms with E-state index < -0.39 is 17.7 Å². The first-order chi connectivity index (χ1) is 11.5. The van der Waals surface area contributed by atoms with Crippen molar-refractivity contribution >= 4 is 23.3 Å². The highest BCUT2D eigenvalue weighted by atomic mass is 35.5. The van der Waals surface area contributed by atoms with Gasteiger partial charge in [0.1, 0.15) is 0 Å². The quantitative estimate of drug-likeness (QED) is 0.888. The van der Waals surface area contributed by atoms with Gasteiger partial charge in [-0.05, 0) is 50.6 Å². The van der Waals surface area contributed by atoms with Crippen LogP contribution in [0.1, 0.15) is 31.4 Å². The maximum absolute atomic E-state index is 12.5. The Labute approximate surface area is 146 Å². The molecule has 3 rings (SSSR count). The third kappa shape index (κ3) is 3.19. The van der Waals surface area contributed by atoms with Gasteiger partial charge in [-0.2, -0.15) is 0 Å². The van der Waals surface area contributed by atoms with Crippen LogP contribution >= 0.6 is 11.6 Å². The molecule has 24 heavy (non-hydrogen) atoms. The summed E-state index contributed by atoms with van der Waals surface area (Å²) in [5, 5.41) is 10.8. The number of rotatable bonds is 5. The summed E-state index contributed by atoms with van der Waals surface area (Å²) in [6.45, 7) is 4.67. The van der Waals surface area contributed by atoms with Gasteiger partial charge in [0.25, 0.3) is 5.91 Å². The Hall–Kier alpha value is -1.85. The fourth-order valence-electron chi connectivity index (χ4n) is 3.49. The lowest BCUT2D eigenvalue weighted by Crippen LogP contribution is -2.37. The van der Waals surface area contributed by atoms with E-state index >= 15 is 0 Å². The number of hydrogen-bond acceptors (Lipinski definition) is 4. The molecule has 1 N–H and O–H groups in total. The molecule has 6 heteroatoms. The van der Waals surface area contributed by atoms with Crippen LogP contribution in [0.5, 0.6) is 0 Å². The molecule has 0 bridgehead atoms. The number of Topliss-reactive ketones (excluding diaryl/α,β-unsaturated/α-hetero) is 1. The lowest BCUT2D eigenvalue weighted by atomic mass is 9.97. The molecule has 1 amide bonds. The van der Waals surface area contributed by atoms with Gasteiger partial charge in [-0.3, -0.25) is 9.59 Å². The minimum Gasteiger partial charge on any atom is -0.503 e. The minimum absolute atomic E-state index is 0.170. The van der Waals surface area contributed by atoms with Crippen molar-refractivity contribution in [3.05, 3.63) is 46.2 Å². The second-order valence-electron chi connectivity index (χ2n) is 6.32. The van der Waals surface area contributed by atoms with Crippen molar-refractivity contribution in [3.8, 4) is 0 Å². The zero-order valence-electron chi connectivity index (χ0n) is 13.7. The lowest BCUT2D eigenvalue weighted by molar-refractivity contribution is -0.129. The summed E-state index contributed by atoms with van der Waals surface area (Å²) >= 11 is 5.94. The monoisotopic (exact) mass is 348 g/mol. The normalized spacial score (nSPS) is 21.8. The van der Waals surface area contributed by atoms with E-state index in [4.69, 9.17) is 11.6 Å². The van der Waals surface area contributed by atoms with Gasteiger partial charge in [-0.15, -0.1) is 0 Å². The molecule has 128 valence electrons. The molecule has 2 aliphatic heterocycles. The van der Waals surface area contributed by atoms with Gasteiger partial charge in [-0.1, -0.05) is 23.7 Å². The molecule has 1 saturated heterocycles. The van der Waals surface area contributed by atoms with Gasteiger partial charge >= 0.3 is 0 Å². The minimum atomic E-state index is -0.546. The van der Waals surface area contributed by atoms with Crippen LogP contribution in [0.3, 0.4) is 0 Å². The smallest absolute Gasteiger partial charge is 0.290 e. The number of aliphatic hydroxyl groups is 1. The Kier molecular flexibility index (Phi) is 4.92. The summed E-state index contributed by atoms with van der Waals surface area (Å²) in [4.78, 5) is 28.4. The summed E-state index contributed by atoms with van der Waals surface area (Å²) in [7, 11) is 0. The van der Waals surface area contributed by atoms with E-state index in [1.54, 1.807) is 29.2 Å². The molecule has 1 atom stereocenters. The molecule has 0 radical (unpaired) electrons. The first kappa shape index (κ1) is 17.0. The van der Waals surface area contributed by atoms with Crippen molar-refractivity contribution in [1.82, 2.24) is 9.80 Å². The first-order valence-electron chi connectivity index (χ1n) is 8.22. The Morgan fingerprint density at radius 1 is 1.21 bits per heavy atom. The number of ketones is 1. The fraction of sp³-hybridized carbons (Fsp3) is 0.444. The Bertz CT molecular complexity index is 678. The van der Waals surface area contributed by atoms with Crippen molar-refractivity contribution in [2.24, 2.45) is 0 Å². The Morgan fingerprint density at radius 3 is 2.42 bits per heavy atom. The van der Waals surface area contributed by atoms with Crippen LogP contribution in [-0.4, -0.2) is 52.8 Å². The van der Waals surface area contributed by atoms with E-state index in [0.29, 0.717) is 11.6 Å². The van der Waals surface area contributed by atoms with Gasteiger partial charge in [0.15, 0.2) is 11.5 Å². The predicted octanol–water partition coefficient (Wildman–Crippen LogP) is 2.72. The molecule has 2 heterocycles. The van der Waals surface area contributed by atoms with Gasteiger partial charge in [0.05, 0.1) is 11.6 Å². The molecule has 0 aliphatic carbocycles. The van der Waals surface area contributed by atoms with Crippen LogP contribution in [0.4, 0.5) is 0 Å². The number of likely N-dealkylation sites (tertiary alicyclic amines) is 1. The second kappa shape index (κ2) is 6.95. The van der Waals surface area contributed by atoms with Gasteiger partial charge in [-0.25, -0.2) is 0 Å². The van der Waals surface area contributed by atoms with Crippen molar-refractivity contribution in [2.75, 3.05) is 26.2 Å². The molecule has 0 aromatic heterocycles. The van der Waals surface area contributed by atoms with Crippen molar-refractivity contribution in [3.63, 3.8) is 0 Å². The molecule has 0 saturated carbocycles. The van der Waals surface area contributed by atoms with Crippen LogP contribution in [0.2, 0.25) is 5.02 Å². The van der Waals surface area contributed by atoms with Crippen molar-refractivity contribution in [2.45, 2.75) is 25.8 Å². The largest absolute Gasteiger partial charge is 0.503 e. The van der Waals surface area contributed by atoms with E-state index in [1.165, 1.54) is 19.8 Å². The highest BCUT2D eigenvalue weighted by Gasteiger charge is 2.42. The van der Waals surface area contributed by atoms with Gasteiger partial charge < -0.3 is 14.9 Å². The maximum atomic E-state index is 12.5. The molecule has 1 aromatic rings. The second-order valence-corrected chi connectivity index (χ2v) is 6.76. The van der Waals surface area contributed by atoms with Crippen LogP contribution in [0.15, 0.2) is 35.6 Å². The van der Waals surface area contributed by atoms with Crippen LogP contribution in [-0.2, 0) is 9.59 Å². The number of carbonyl (C=O) groups excluding carboxylic acids is 2. The number of carbonyl (C=O) groups is 2. The molecule has 1 aromatic carbocycles. The first-order valence-corrected chi connectivity index (χ1v) is 8.59. The average Bonchev–Trinajstić information content (AvgIpc) is 3.14. The number of hydrogen-bond donors (Lipinski definition) is 1. The Morgan fingerprint density at radius 2 is 1.83 bits per heavy atom. The highest BCUT2D eigenvalue weighted by molar-refractivity contribution is 6.30.